The van der Waals surface area contributed by atoms with Crippen molar-refractivity contribution < 1.29 is 22.7 Å². The van der Waals surface area contributed by atoms with Crippen LogP contribution in [0.4, 0.5) is 23.7 Å². The number of nitrogens with one attached hydrogen (secondary N) is 1. The Balaban J connectivity index is 1.97. The fourth-order valence-electron chi connectivity index (χ4n) is 2.36. The number of alkyl carbamates (subject to hydrolysis) is 1. The molecule has 1 fully saturated rings. The third-order valence-corrected chi connectivity index (χ3v) is 3.31. The second-order valence-electron chi connectivity index (χ2n) is 6.47. The van der Waals surface area contributed by atoms with Crippen LogP contribution in [0.1, 0.15) is 32.9 Å². The summed E-state index contributed by atoms with van der Waals surface area (Å²) >= 11 is 0. The molecule has 1 aromatic heterocycles. The Morgan fingerprint density at radius 1 is 1.39 bits per heavy atom. The molecule has 1 aliphatic rings. The zero-order valence-corrected chi connectivity index (χ0v) is 13.3. The number of carbonyl (C=O) groups is 1. The third kappa shape index (κ3) is 5.01. The van der Waals surface area contributed by atoms with Gasteiger partial charge in [-0.15, -0.1) is 0 Å². The molecule has 2 heterocycles. The average Bonchev–Trinajstić information content (AvgIpc) is 2.84. The van der Waals surface area contributed by atoms with E-state index >= 15 is 0 Å². The van der Waals surface area contributed by atoms with E-state index in [0.29, 0.717) is 25.2 Å². The molecule has 0 saturated carbocycles. The minimum absolute atomic E-state index is 0.160. The lowest BCUT2D eigenvalue weighted by atomic mass is 10.2. The summed E-state index contributed by atoms with van der Waals surface area (Å²) in [5, 5.41) is 2.74. The number of hydrogen-bond donors (Lipinski definition) is 1. The van der Waals surface area contributed by atoms with Gasteiger partial charge in [0.05, 0.1) is 6.04 Å². The van der Waals surface area contributed by atoms with Crippen LogP contribution in [0, 0.1) is 0 Å². The van der Waals surface area contributed by atoms with Gasteiger partial charge in [-0.05, 0) is 39.3 Å². The molecule has 1 saturated heterocycles. The fourth-order valence-corrected chi connectivity index (χ4v) is 2.36. The van der Waals surface area contributed by atoms with E-state index in [1.807, 2.05) is 0 Å². The minimum Gasteiger partial charge on any atom is -0.444 e. The maximum Gasteiger partial charge on any atom is 0.433 e. The van der Waals surface area contributed by atoms with Crippen molar-refractivity contribution >= 4 is 11.8 Å². The fraction of sp³-hybridized carbons (Fsp3) is 0.600. The Labute approximate surface area is 132 Å². The summed E-state index contributed by atoms with van der Waals surface area (Å²) in [6.45, 7) is 6.29. The van der Waals surface area contributed by atoms with Crippen LogP contribution in [-0.4, -0.2) is 35.8 Å². The first-order chi connectivity index (χ1) is 10.5. The molecule has 1 aromatic rings. The number of halogens is 3. The molecular formula is C15H20F3N3O2. The van der Waals surface area contributed by atoms with Gasteiger partial charge >= 0.3 is 12.3 Å². The number of carbonyl (C=O) groups excluding carboxylic acids is 1. The standard InChI is InChI=1S/C15H20F3N3O2/c1-14(2,3)23-13(22)20-10-5-7-21(9-10)11-4-6-19-12(8-11)15(16,17)18/h4,6,8,10H,5,7,9H2,1-3H3,(H,20,22)/t10-/m1/s1. The van der Waals surface area contributed by atoms with E-state index in [4.69, 9.17) is 4.74 Å². The van der Waals surface area contributed by atoms with E-state index < -0.39 is 23.6 Å². The number of nitrogens with zero attached hydrogens (tertiary/aromatic N) is 2. The number of alkyl halides is 3. The van der Waals surface area contributed by atoms with Crippen LogP contribution in [0.3, 0.4) is 0 Å². The molecule has 2 rings (SSSR count). The Hall–Kier alpha value is -1.99. The highest BCUT2D eigenvalue weighted by Gasteiger charge is 2.33. The van der Waals surface area contributed by atoms with Crippen LogP contribution in [0.2, 0.25) is 0 Å². The predicted molar refractivity (Wildman–Crippen MR) is 79.2 cm³/mol. The lowest BCUT2D eigenvalue weighted by Gasteiger charge is -2.22. The lowest BCUT2D eigenvalue weighted by molar-refractivity contribution is -0.141. The van der Waals surface area contributed by atoms with Crippen molar-refractivity contribution in [2.24, 2.45) is 0 Å². The normalized spacial score (nSPS) is 18.9. The summed E-state index contributed by atoms with van der Waals surface area (Å²) in [4.78, 5) is 16.9. The summed E-state index contributed by atoms with van der Waals surface area (Å²) in [6, 6.07) is 2.40. The molecule has 1 aliphatic heterocycles. The summed E-state index contributed by atoms with van der Waals surface area (Å²) in [7, 11) is 0. The molecular weight excluding hydrogens is 311 g/mol. The molecule has 0 aliphatic carbocycles. The Morgan fingerprint density at radius 3 is 2.70 bits per heavy atom. The zero-order chi connectivity index (χ0) is 17.3. The number of anilines is 1. The van der Waals surface area contributed by atoms with E-state index in [9.17, 15) is 18.0 Å². The zero-order valence-electron chi connectivity index (χ0n) is 13.3. The number of ether oxygens (including phenoxy) is 1. The van der Waals surface area contributed by atoms with Crippen molar-refractivity contribution in [3.8, 4) is 0 Å². The van der Waals surface area contributed by atoms with E-state index in [0.717, 1.165) is 12.3 Å². The maximum absolute atomic E-state index is 12.7. The van der Waals surface area contributed by atoms with E-state index in [1.165, 1.54) is 6.07 Å². The molecule has 0 aromatic carbocycles. The number of rotatable bonds is 2. The highest BCUT2D eigenvalue weighted by atomic mass is 19.4. The van der Waals surface area contributed by atoms with Gasteiger partial charge in [-0.25, -0.2) is 4.79 Å². The number of aromatic nitrogens is 1. The molecule has 0 unspecified atom stereocenters. The largest absolute Gasteiger partial charge is 0.444 e. The summed E-state index contributed by atoms with van der Waals surface area (Å²) in [5.74, 6) is 0. The molecule has 1 N–H and O–H groups in total. The number of amides is 1. The van der Waals surface area contributed by atoms with Gasteiger partial charge < -0.3 is 15.0 Å². The second kappa shape index (κ2) is 6.25. The van der Waals surface area contributed by atoms with Crippen molar-refractivity contribution in [3.05, 3.63) is 24.0 Å². The van der Waals surface area contributed by atoms with E-state index in [-0.39, 0.29) is 6.04 Å². The van der Waals surface area contributed by atoms with Gasteiger partial charge in [0.15, 0.2) is 0 Å². The SMILES string of the molecule is CC(C)(C)OC(=O)N[C@@H]1CCN(c2ccnc(C(F)(F)F)c2)C1. The Kier molecular flexibility index (Phi) is 4.72. The topological polar surface area (TPSA) is 54.5 Å². The molecule has 8 heteroatoms. The molecule has 23 heavy (non-hydrogen) atoms. The Bertz CT molecular complexity index is 570. The highest BCUT2D eigenvalue weighted by molar-refractivity contribution is 5.68. The van der Waals surface area contributed by atoms with Crippen LogP contribution < -0.4 is 10.2 Å². The average molecular weight is 331 g/mol. The molecule has 128 valence electrons. The first-order valence-corrected chi connectivity index (χ1v) is 7.32. The molecule has 5 nitrogen and oxygen atoms in total. The van der Waals surface area contributed by atoms with Gasteiger partial charge in [0.2, 0.25) is 0 Å². The number of pyridine rings is 1. The molecule has 0 bridgehead atoms. The van der Waals surface area contributed by atoms with Crippen LogP contribution >= 0.6 is 0 Å². The van der Waals surface area contributed by atoms with Crippen molar-refractivity contribution in [3.63, 3.8) is 0 Å². The highest BCUT2D eigenvalue weighted by Crippen LogP contribution is 2.30. The van der Waals surface area contributed by atoms with Crippen molar-refractivity contribution in [1.82, 2.24) is 10.3 Å². The lowest BCUT2D eigenvalue weighted by Crippen LogP contribution is -2.40. The summed E-state index contributed by atoms with van der Waals surface area (Å²) in [5.41, 5.74) is -1.06. The number of hydrogen-bond acceptors (Lipinski definition) is 4. The maximum atomic E-state index is 12.7. The van der Waals surface area contributed by atoms with Gasteiger partial charge in [-0.1, -0.05) is 0 Å². The van der Waals surface area contributed by atoms with Gasteiger partial charge in [0, 0.05) is 25.0 Å². The van der Waals surface area contributed by atoms with E-state index in [2.05, 4.69) is 10.3 Å². The van der Waals surface area contributed by atoms with Crippen molar-refractivity contribution in [1.29, 1.82) is 0 Å². The van der Waals surface area contributed by atoms with Crippen LogP contribution in [0.5, 0.6) is 0 Å². The molecule has 0 radical (unpaired) electrons. The van der Waals surface area contributed by atoms with Gasteiger partial charge in [-0.3, -0.25) is 4.98 Å². The van der Waals surface area contributed by atoms with Crippen molar-refractivity contribution in [2.75, 3.05) is 18.0 Å². The summed E-state index contributed by atoms with van der Waals surface area (Å²) < 4.78 is 43.3. The van der Waals surface area contributed by atoms with Gasteiger partial charge in [-0.2, -0.15) is 13.2 Å². The smallest absolute Gasteiger partial charge is 0.433 e. The van der Waals surface area contributed by atoms with Crippen LogP contribution in [-0.2, 0) is 10.9 Å². The first-order valence-electron chi connectivity index (χ1n) is 7.32. The van der Waals surface area contributed by atoms with Crippen molar-refractivity contribution in [2.45, 2.75) is 45.0 Å². The predicted octanol–water partition coefficient (Wildman–Crippen LogP) is 3.20. The summed E-state index contributed by atoms with van der Waals surface area (Å²) in [6.07, 6.45) is -3.20. The third-order valence-electron chi connectivity index (χ3n) is 3.31. The molecule has 1 atom stereocenters. The quantitative estimate of drug-likeness (QED) is 0.904. The molecule has 1 amide bonds. The van der Waals surface area contributed by atoms with Crippen LogP contribution in [0.25, 0.3) is 0 Å². The van der Waals surface area contributed by atoms with Crippen LogP contribution in [0.15, 0.2) is 18.3 Å². The first kappa shape index (κ1) is 17.4. The van der Waals surface area contributed by atoms with Gasteiger partial charge in [0.25, 0.3) is 0 Å². The monoisotopic (exact) mass is 331 g/mol. The second-order valence-corrected chi connectivity index (χ2v) is 6.47. The molecule has 0 spiro atoms. The Morgan fingerprint density at radius 2 is 2.09 bits per heavy atom. The van der Waals surface area contributed by atoms with Gasteiger partial charge in [0.1, 0.15) is 11.3 Å². The van der Waals surface area contributed by atoms with E-state index in [1.54, 1.807) is 25.7 Å². The minimum atomic E-state index is -4.47.